The van der Waals surface area contributed by atoms with Gasteiger partial charge in [0.15, 0.2) is 0 Å². The van der Waals surface area contributed by atoms with Gasteiger partial charge in [-0.1, -0.05) is 0 Å². The molecule has 242 valence electrons. The first-order chi connectivity index (χ1) is 21.0. The van der Waals surface area contributed by atoms with Crippen molar-refractivity contribution in [2.45, 2.75) is 37.8 Å². The monoisotopic (exact) mass is 668 g/mol. The fourth-order valence-electron chi connectivity index (χ4n) is 4.95. The van der Waals surface area contributed by atoms with Crippen molar-refractivity contribution in [2.75, 3.05) is 0 Å². The number of fused-ring (bicyclic) bond motifs is 2. The predicted molar refractivity (Wildman–Crippen MR) is 136 cm³/mol. The van der Waals surface area contributed by atoms with Gasteiger partial charge in [0.2, 0.25) is 0 Å². The first kappa shape index (κ1) is 32.5. The predicted octanol–water partition coefficient (Wildman–Crippen LogP) is 6.08. The molecule has 2 aromatic heterocycles. The Hall–Kier alpha value is -4.90. The van der Waals surface area contributed by atoms with Crippen LogP contribution in [0, 0.1) is 0 Å². The highest BCUT2D eigenvalue weighted by atomic mass is 19.4. The third-order valence-electron chi connectivity index (χ3n) is 7.04. The second kappa shape index (κ2) is 10.3. The number of alkyl halides is 12. The lowest BCUT2D eigenvalue weighted by atomic mass is 10.0. The first-order valence-electron chi connectivity index (χ1n) is 12.4. The second-order valence-electron chi connectivity index (χ2n) is 10.2. The van der Waals surface area contributed by atoms with E-state index in [-0.39, 0.29) is 21.3 Å². The molecule has 0 N–H and O–H groups in total. The summed E-state index contributed by atoms with van der Waals surface area (Å²) in [6.07, 6.45) is -20.9. The Labute approximate surface area is 245 Å². The van der Waals surface area contributed by atoms with E-state index in [0.717, 1.165) is 12.1 Å². The summed E-state index contributed by atoms with van der Waals surface area (Å²) in [6.45, 7) is -2.15. The number of rotatable bonds is 4. The summed E-state index contributed by atoms with van der Waals surface area (Å²) in [4.78, 5) is 52.1. The maximum atomic E-state index is 13.3. The van der Waals surface area contributed by atoms with Crippen LogP contribution in [0.4, 0.5) is 52.7 Å². The Morgan fingerprint density at radius 2 is 0.587 bits per heavy atom. The quantitative estimate of drug-likeness (QED) is 0.218. The summed E-state index contributed by atoms with van der Waals surface area (Å²) < 4.78 is 160. The number of halogens is 12. The van der Waals surface area contributed by atoms with Gasteiger partial charge in [0.05, 0.1) is 56.9 Å². The molecule has 3 aromatic carbocycles. The van der Waals surface area contributed by atoms with Crippen LogP contribution in [0.25, 0.3) is 21.5 Å². The lowest BCUT2D eigenvalue weighted by Crippen LogP contribution is -2.27. The second-order valence-corrected chi connectivity index (χ2v) is 10.2. The van der Waals surface area contributed by atoms with Gasteiger partial charge in [-0.3, -0.25) is 28.3 Å². The molecule has 2 heterocycles. The normalized spacial score (nSPS) is 13.3. The van der Waals surface area contributed by atoms with Gasteiger partial charge in [-0.2, -0.15) is 52.7 Å². The molecule has 0 saturated carbocycles. The summed E-state index contributed by atoms with van der Waals surface area (Å²) >= 11 is 0. The van der Waals surface area contributed by atoms with Crippen LogP contribution in [-0.4, -0.2) is 9.13 Å². The maximum absolute atomic E-state index is 13.3. The molecule has 18 heteroatoms. The maximum Gasteiger partial charge on any atom is 0.416 e. The van der Waals surface area contributed by atoms with Gasteiger partial charge in [0.1, 0.15) is 0 Å². The molecule has 0 unspecified atom stereocenters. The minimum Gasteiger partial charge on any atom is -0.270 e. The van der Waals surface area contributed by atoms with Gasteiger partial charge in [-0.25, -0.2) is 0 Å². The van der Waals surface area contributed by atoms with E-state index >= 15 is 0 Å². The SMILES string of the molecule is O=c1c2cc3c(=O)n(Cc4cc(C(F)(F)F)cc(C(F)(F)F)c4)c(=O)c3cc2c(=O)n1Cc1cc(C(F)(F)F)cc(C(F)(F)F)c1. The lowest BCUT2D eigenvalue weighted by Gasteiger charge is -2.14. The highest BCUT2D eigenvalue weighted by Gasteiger charge is 2.38. The number of hydrogen-bond donors (Lipinski definition) is 0. The van der Waals surface area contributed by atoms with Gasteiger partial charge in [0.25, 0.3) is 22.2 Å². The van der Waals surface area contributed by atoms with Gasteiger partial charge in [-0.15, -0.1) is 0 Å². The number of benzene rings is 3. The topological polar surface area (TPSA) is 78.1 Å². The lowest BCUT2D eigenvalue weighted by molar-refractivity contribution is -0.144. The minimum absolute atomic E-state index is 0.164. The molecule has 0 bridgehead atoms. The van der Waals surface area contributed by atoms with E-state index < -0.39 is 115 Å². The Balaban J connectivity index is 1.62. The fourth-order valence-corrected chi connectivity index (χ4v) is 4.95. The van der Waals surface area contributed by atoms with Gasteiger partial charge >= 0.3 is 24.7 Å². The zero-order chi connectivity index (χ0) is 34.3. The van der Waals surface area contributed by atoms with Crippen molar-refractivity contribution in [1.82, 2.24) is 9.13 Å². The van der Waals surface area contributed by atoms with Gasteiger partial charge in [0, 0.05) is 0 Å². The Morgan fingerprint density at radius 3 is 0.783 bits per heavy atom. The van der Waals surface area contributed by atoms with Crippen LogP contribution in [0.1, 0.15) is 33.4 Å². The van der Waals surface area contributed by atoms with Crippen LogP contribution in [0.5, 0.6) is 0 Å². The summed E-state index contributed by atoms with van der Waals surface area (Å²) in [5.74, 6) is 0. The van der Waals surface area contributed by atoms with Crippen LogP contribution in [-0.2, 0) is 37.8 Å². The van der Waals surface area contributed by atoms with Crippen molar-refractivity contribution in [3.05, 3.63) is 123 Å². The van der Waals surface area contributed by atoms with Crippen molar-refractivity contribution in [3.8, 4) is 0 Å². The van der Waals surface area contributed by atoms with E-state index in [1.165, 1.54) is 0 Å². The zero-order valence-electron chi connectivity index (χ0n) is 22.1. The third kappa shape index (κ3) is 5.78. The van der Waals surface area contributed by atoms with Crippen LogP contribution in [0.15, 0.2) is 67.7 Å². The van der Waals surface area contributed by atoms with Crippen LogP contribution < -0.4 is 22.2 Å². The summed E-state index contributed by atoms with van der Waals surface area (Å²) in [7, 11) is 0. The molecule has 0 amide bonds. The summed E-state index contributed by atoms with van der Waals surface area (Å²) in [6, 6.07) is 2.30. The van der Waals surface area contributed by atoms with Crippen LogP contribution in [0.2, 0.25) is 0 Å². The van der Waals surface area contributed by atoms with Crippen LogP contribution >= 0.6 is 0 Å². The molecule has 5 rings (SSSR count). The first-order valence-corrected chi connectivity index (χ1v) is 12.4. The van der Waals surface area contributed by atoms with Gasteiger partial charge in [-0.05, 0) is 59.7 Å². The molecule has 5 aromatic rings. The van der Waals surface area contributed by atoms with E-state index in [0.29, 0.717) is 24.3 Å². The van der Waals surface area contributed by atoms with Crippen molar-refractivity contribution in [1.29, 1.82) is 0 Å². The molecule has 0 aliphatic heterocycles. The smallest absolute Gasteiger partial charge is 0.270 e. The van der Waals surface area contributed by atoms with E-state index in [9.17, 15) is 71.9 Å². The van der Waals surface area contributed by atoms with Crippen LogP contribution in [0.3, 0.4) is 0 Å². The number of aromatic nitrogens is 2. The molecule has 0 aliphatic rings. The standard InChI is InChI=1S/C28H12F12N2O4/c29-25(30,31)13-1-11(2-14(5-13)26(32,33)34)9-41-21(43)17-7-19-20(8-18(17)22(41)44)24(46)42(23(19)45)10-12-3-15(27(35,36)37)6-16(4-12)28(38,39)40/h1-8H,9-10H2. The largest absolute Gasteiger partial charge is 0.416 e. The van der Waals surface area contributed by atoms with E-state index in [4.69, 9.17) is 0 Å². The molecule has 46 heavy (non-hydrogen) atoms. The Morgan fingerprint density at radius 1 is 0.370 bits per heavy atom. The summed E-state index contributed by atoms with van der Waals surface area (Å²) in [5, 5.41) is -2.30. The van der Waals surface area contributed by atoms with E-state index in [2.05, 4.69) is 0 Å². The molecule has 6 nitrogen and oxygen atoms in total. The molecule has 0 spiro atoms. The highest BCUT2D eigenvalue weighted by molar-refractivity contribution is 5.97. The van der Waals surface area contributed by atoms with Crippen molar-refractivity contribution in [2.24, 2.45) is 0 Å². The van der Waals surface area contributed by atoms with Gasteiger partial charge < -0.3 is 0 Å². The molecular weight excluding hydrogens is 656 g/mol. The van der Waals surface area contributed by atoms with Crippen molar-refractivity contribution < 1.29 is 52.7 Å². The molecule has 0 atom stereocenters. The molecule has 0 aliphatic carbocycles. The summed E-state index contributed by atoms with van der Waals surface area (Å²) in [5.41, 5.74) is -13.4. The average Bonchev–Trinajstić information content (AvgIpc) is 3.29. The fraction of sp³-hybridized carbons (Fsp3) is 0.214. The Bertz CT molecular complexity index is 1950. The third-order valence-corrected chi connectivity index (χ3v) is 7.04. The average molecular weight is 668 g/mol. The van der Waals surface area contributed by atoms with E-state index in [1.54, 1.807) is 0 Å². The number of hydrogen-bond acceptors (Lipinski definition) is 4. The molecule has 0 saturated heterocycles. The van der Waals surface area contributed by atoms with Crippen molar-refractivity contribution >= 4 is 21.5 Å². The number of nitrogens with zero attached hydrogens (tertiary/aromatic N) is 2. The minimum atomic E-state index is -5.23. The molecule has 0 fully saturated rings. The Kier molecular flexibility index (Phi) is 7.28. The van der Waals surface area contributed by atoms with Crippen molar-refractivity contribution in [3.63, 3.8) is 0 Å². The molecule has 0 radical (unpaired) electrons. The van der Waals surface area contributed by atoms with E-state index in [1.807, 2.05) is 0 Å². The zero-order valence-corrected chi connectivity index (χ0v) is 22.1. The molecular formula is C28H12F12N2O4. The highest BCUT2D eigenvalue weighted by Crippen LogP contribution is 2.38.